The number of aromatic nitrogens is 1. The number of nitro groups is 1. The summed E-state index contributed by atoms with van der Waals surface area (Å²) in [6.07, 6.45) is 0.804. The van der Waals surface area contributed by atoms with Gasteiger partial charge in [-0.1, -0.05) is 18.5 Å². The zero-order valence-electron chi connectivity index (χ0n) is 11.0. The lowest BCUT2D eigenvalue weighted by Crippen LogP contribution is -2.08. The number of nitro benzene ring substituents is 1. The number of hydrogen-bond acceptors (Lipinski definition) is 6. The van der Waals surface area contributed by atoms with E-state index in [1.54, 1.807) is 5.38 Å². The van der Waals surface area contributed by atoms with E-state index in [4.69, 9.17) is 16.3 Å². The molecule has 0 aliphatic carbocycles. The molecule has 0 aliphatic rings. The highest BCUT2D eigenvalue weighted by molar-refractivity contribution is 7.09. The molecule has 0 aliphatic heterocycles. The Morgan fingerprint density at radius 3 is 2.90 bits per heavy atom. The van der Waals surface area contributed by atoms with Gasteiger partial charge in [-0.2, -0.15) is 0 Å². The van der Waals surface area contributed by atoms with E-state index in [1.165, 1.54) is 29.5 Å². The molecule has 1 aromatic carbocycles. The van der Waals surface area contributed by atoms with E-state index >= 15 is 0 Å². The number of nitrogens with zero attached hydrogens (tertiary/aromatic N) is 2. The summed E-state index contributed by atoms with van der Waals surface area (Å²) in [6, 6.07) is 3.75. The number of carbonyl (C=O) groups excluding carboxylic acids is 1. The van der Waals surface area contributed by atoms with E-state index < -0.39 is 10.9 Å². The lowest BCUT2D eigenvalue weighted by Gasteiger charge is -2.04. The average Bonchev–Trinajstić information content (AvgIpc) is 2.92. The highest BCUT2D eigenvalue weighted by atomic mass is 35.5. The molecule has 6 nitrogen and oxygen atoms in total. The summed E-state index contributed by atoms with van der Waals surface area (Å²) in [5, 5.41) is 13.9. The fourth-order valence-corrected chi connectivity index (χ4v) is 2.53. The highest BCUT2D eigenvalue weighted by Gasteiger charge is 2.22. The lowest BCUT2D eigenvalue weighted by molar-refractivity contribution is -0.385. The van der Waals surface area contributed by atoms with Crippen LogP contribution in [0.1, 0.15) is 28.0 Å². The quantitative estimate of drug-likeness (QED) is 0.476. The van der Waals surface area contributed by atoms with Crippen molar-refractivity contribution in [2.24, 2.45) is 0 Å². The Morgan fingerprint density at radius 1 is 1.52 bits per heavy atom. The molecule has 1 aromatic heterocycles. The molecular formula is C13H11ClN2O4S. The largest absolute Gasteiger partial charge is 0.455 e. The normalized spacial score (nSPS) is 10.4. The predicted molar refractivity (Wildman–Crippen MR) is 78.7 cm³/mol. The second kappa shape index (κ2) is 6.64. The van der Waals surface area contributed by atoms with Crippen LogP contribution in [0.25, 0.3) is 0 Å². The fraction of sp³-hybridized carbons (Fsp3) is 0.231. The monoisotopic (exact) mass is 326 g/mol. The molecule has 21 heavy (non-hydrogen) atoms. The van der Waals surface area contributed by atoms with Crippen molar-refractivity contribution in [3.63, 3.8) is 0 Å². The van der Waals surface area contributed by atoms with Crippen LogP contribution in [0.15, 0.2) is 23.6 Å². The van der Waals surface area contributed by atoms with Gasteiger partial charge in [0.25, 0.3) is 5.69 Å². The maximum atomic E-state index is 12.0. The van der Waals surface area contributed by atoms with Crippen molar-refractivity contribution in [3.05, 3.63) is 55.0 Å². The van der Waals surface area contributed by atoms with Crippen LogP contribution < -0.4 is 0 Å². The van der Waals surface area contributed by atoms with Crippen molar-refractivity contribution in [1.29, 1.82) is 0 Å². The number of hydrogen-bond donors (Lipinski definition) is 0. The number of benzene rings is 1. The van der Waals surface area contributed by atoms with Crippen LogP contribution >= 0.6 is 22.9 Å². The zero-order valence-corrected chi connectivity index (χ0v) is 12.6. The third-order valence-electron chi connectivity index (χ3n) is 2.63. The Balaban J connectivity index is 2.13. The van der Waals surface area contributed by atoms with Gasteiger partial charge in [0.2, 0.25) is 0 Å². The van der Waals surface area contributed by atoms with Gasteiger partial charge in [-0.25, -0.2) is 9.78 Å². The third kappa shape index (κ3) is 3.77. The van der Waals surface area contributed by atoms with Gasteiger partial charge in [0.15, 0.2) is 0 Å². The van der Waals surface area contributed by atoms with Crippen LogP contribution in [0.4, 0.5) is 5.69 Å². The van der Waals surface area contributed by atoms with Gasteiger partial charge < -0.3 is 4.74 Å². The predicted octanol–water partition coefficient (Wildman–Crippen LogP) is 3.62. The Bertz CT molecular complexity index is 687. The maximum absolute atomic E-state index is 12.0. The molecular weight excluding hydrogens is 316 g/mol. The van der Waals surface area contributed by atoms with Gasteiger partial charge in [0, 0.05) is 16.5 Å². The van der Waals surface area contributed by atoms with Crippen LogP contribution in [0.3, 0.4) is 0 Å². The summed E-state index contributed by atoms with van der Waals surface area (Å²) in [5.74, 6) is -0.796. The van der Waals surface area contributed by atoms with Crippen molar-refractivity contribution in [3.8, 4) is 0 Å². The Kier molecular flexibility index (Phi) is 4.87. The average molecular weight is 327 g/mol. The summed E-state index contributed by atoms with van der Waals surface area (Å²) in [5.41, 5.74) is 0.116. The minimum Gasteiger partial charge on any atom is -0.455 e. The lowest BCUT2D eigenvalue weighted by atomic mass is 10.2. The van der Waals surface area contributed by atoms with Gasteiger partial charge in [-0.3, -0.25) is 10.1 Å². The number of ether oxygens (including phenoxy) is 1. The maximum Gasteiger partial charge on any atom is 0.345 e. The molecule has 0 unspecified atom stereocenters. The number of thiazole rings is 1. The van der Waals surface area contributed by atoms with Crippen molar-refractivity contribution in [2.45, 2.75) is 20.0 Å². The minimum atomic E-state index is -0.796. The van der Waals surface area contributed by atoms with Gasteiger partial charge in [0.05, 0.1) is 15.6 Å². The summed E-state index contributed by atoms with van der Waals surface area (Å²) in [7, 11) is 0. The van der Waals surface area contributed by atoms with Crippen LogP contribution in [0.2, 0.25) is 5.02 Å². The van der Waals surface area contributed by atoms with Crippen molar-refractivity contribution < 1.29 is 14.5 Å². The molecule has 0 saturated carbocycles. The molecule has 0 radical (unpaired) electrons. The third-order valence-corrected chi connectivity index (χ3v) is 3.91. The Morgan fingerprint density at radius 2 is 2.29 bits per heavy atom. The molecule has 2 aromatic rings. The number of rotatable bonds is 5. The second-order valence-electron chi connectivity index (χ2n) is 4.08. The molecule has 0 amide bonds. The van der Waals surface area contributed by atoms with Gasteiger partial charge in [0.1, 0.15) is 12.2 Å². The molecule has 0 atom stereocenters. The molecule has 1 heterocycles. The smallest absolute Gasteiger partial charge is 0.345 e. The topological polar surface area (TPSA) is 82.3 Å². The molecule has 0 spiro atoms. The van der Waals surface area contributed by atoms with E-state index in [0.717, 1.165) is 11.4 Å². The van der Waals surface area contributed by atoms with E-state index in [9.17, 15) is 14.9 Å². The molecule has 0 N–H and O–H groups in total. The summed E-state index contributed by atoms with van der Waals surface area (Å²) < 4.78 is 5.06. The minimum absolute atomic E-state index is 0.0288. The first-order valence-electron chi connectivity index (χ1n) is 6.05. The van der Waals surface area contributed by atoms with E-state index in [1.807, 2.05) is 6.92 Å². The highest BCUT2D eigenvalue weighted by Crippen LogP contribution is 2.24. The zero-order chi connectivity index (χ0) is 15.4. The Hall–Kier alpha value is -1.99. The van der Waals surface area contributed by atoms with Crippen molar-refractivity contribution in [2.75, 3.05) is 0 Å². The van der Waals surface area contributed by atoms with Crippen LogP contribution in [0, 0.1) is 10.1 Å². The molecule has 0 bridgehead atoms. The first-order chi connectivity index (χ1) is 10.0. The number of aryl methyl sites for hydroxylation is 1. The molecule has 110 valence electrons. The summed E-state index contributed by atoms with van der Waals surface area (Å²) in [6.45, 7) is 1.95. The van der Waals surface area contributed by atoms with Crippen LogP contribution in [-0.2, 0) is 17.8 Å². The molecule has 2 rings (SSSR count). The SMILES string of the molecule is CCc1nc(COC(=O)c2cc(Cl)ccc2[N+](=O)[O-])cs1. The first-order valence-corrected chi connectivity index (χ1v) is 7.31. The molecule has 8 heteroatoms. The first kappa shape index (κ1) is 15.4. The summed E-state index contributed by atoms with van der Waals surface area (Å²) >= 11 is 7.24. The van der Waals surface area contributed by atoms with Crippen LogP contribution in [0.5, 0.6) is 0 Å². The molecule has 0 fully saturated rings. The van der Waals surface area contributed by atoms with Crippen molar-refractivity contribution in [1.82, 2.24) is 4.98 Å². The van der Waals surface area contributed by atoms with E-state index in [-0.39, 0.29) is 22.9 Å². The van der Waals surface area contributed by atoms with Gasteiger partial charge in [-0.05, 0) is 18.6 Å². The number of esters is 1. The van der Waals surface area contributed by atoms with Gasteiger partial charge in [-0.15, -0.1) is 11.3 Å². The Labute approximate surface area is 129 Å². The fourth-order valence-electron chi connectivity index (χ4n) is 1.63. The summed E-state index contributed by atoms with van der Waals surface area (Å²) in [4.78, 5) is 26.5. The number of carbonyl (C=O) groups is 1. The molecule has 0 saturated heterocycles. The van der Waals surface area contributed by atoms with Crippen molar-refractivity contribution >= 4 is 34.6 Å². The standard InChI is InChI=1S/C13H11ClN2O4S/c1-2-12-15-9(7-21-12)6-20-13(17)10-5-8(14)3-4-11(10)16(18)19/h3-5,7H,2,6H2,1H3. The second-order valence-corrected chi connectivity index (χ2v) is 5.46. The van der Waals surface area contributed by atoms with E-state index in [2.05, 4.69) is 4.98 Å². The van der Waals surface area contributed by atoms with E-state index in [0.29, 0.717) is 5.69 Å². The van der Waals surface area contributed by atoms with Gasteiger partial charge >= 0.3 is 5.97 Å². The number of halogens is 1. The van der Waals surface area contributed by atoms with Crippen LogP contribution in [-0.4, -0.2) is 15.9 Å².